The van der Waals surface area contributed by atoms with Crippen LogP contribution >= 0.6 is 0 Å². The van der Waals surface area contributed by atoms with E-state index in [-0.39, 0.29) is 11.7 Å². The van der Waals surface area contributed by atoms with Gasteiger partial charge in [0.1, 0.15) is 0 Å². The minimum atomic E-state index is -0.285. The monoisotopic (exact) mass is 280 g/mol. The Labute approximate surface area is 121 Å². The predicted molar refractivity (Wildman–Crippen MR) is 76.5 cm³/mol. The first-order valence-corrected chi connectivity index (χ1v) is 7.23. The highest BCUT2D eigenvalue weighted by atomic mass is 16.7. The lowest BCUT2D eigenvalue weighted by atomic mass is 9.91. The molecule has 1 heterocycles. The summed E-state index contributed by atoms with van der Waals surface area (Å²) < 4.78 is 22.9. The molecule has 2 rings (SSSR count). The number of benzene rings is 1. The minimum absolute atomic E-state index is 0.197. The molecular weight excluding hydrogens is 256 g/mol. The average Bonchev–Trinajstić information content (AvgIpc) is 2.53. The zero-order valence-electron chi connectivity index (χ0n) is 12.3. The Kier molecular flexibility index (Phi) is 5.98. The molecule has 0 saturated carbocycles. The van der Waals surface area contributed by atoms with Gasteiger partial charge >= 0.3 is 0 Å². The van der Waals surface area contributed by atoms with Crippen LogP contribution in [0.2, 0.25) is 0 Å². The first-order valence-electron chi connectivity index (χ1n) is 7.23. The van der Waals surface area contributed by atoms with E-state index in [9.17, 15) is 0 Å². The summed E-state index contributed by atoms with van der Waals surface area (Å²) in [5, 5.41) is 0. The lowest BCUT2D eigenvalue weighted by molar-refractivity contribution is -0.253. The zero-order chi connectivity index (χ0) is 14.3. The summed E-state index contributed by atoms with van der Waals surface area (Å²) in [5.41, 5.74) is 0.853. The average molecular weight is 280 g/mol. The van der Waals surface area contributed by atoms with E-state index in [4.69, 9.17) is 18.9 Å². The third-order valence-corrected chi connectivity index (χ3v) is 3.38. The van der Waals surface area contributed by atoms with Crippen molar-refractivity contribution in [2.24, 2.45) is 5.41 Å². The number of rotatable bonds is 7. The van der Waals surface area contributed by atoms with Gasteiger partial charge in [0.15, 0.2) is 6.29 Å². The fraction of sp³-hybridized carbons (Fsp3) is 0.625. The number of ether oxygens (including phenoxy) is 4. The van der Waals surface area contributed by atoms with Crippen LogP contribution in [-0.2, 0) is 18.9 Å². The van der Waals surface area contributed by atoms with E-state index >= 15 is 0 Å². The first kappa shape index (κ1) is 15.4. The van der Waals surface area contributed by atoms with Crippen molar-refractivity contribution in [2.45, 2.75) is 20.1 Å². The molecular formula is C16H24O4. The second-order valence-electron chi connectivity index (χ2n) is 5.14. The number of hydrogen-bond acceptors (Lipinski definition) is 4. The van der Waals surface area contributed by atoms with Gasteiger partial charge in [-0.3, -0.25) is 0 Å². The molecule has 0 aromatic heterocycles. The van der Waals surface area contributed by atoms with Crippen LogP contribution in [0.15, 0.2) is 30.3 Å². The van der Waals surface area contributed by atoms with Crippen LogP contribution in [0.3, 0.4) is 0 Å². The molecule has 1 aliphatic rings. The highest BCUT2D eigenvalue weighted by Gasteiger charge is 2.38. The van der Waals surface area contributed by atoms with Crippen LogP contribution in [0.5, 0.6) is 0 Å². The molecule has 112 valence electrons. The fourth-order valence-corrected chi connectivity index (χ4v) is 2.24. The zero-order valence-corrected chi connectivity index (χ0v) is 12.3. The molecule has 0 unspecified atom stereocenters. The molecule has 0 bridgehead atoms. The van der Waals surface area contributed by atoms with Gasteiger partial charge in [-0.15, -0.1) is 0 Å². The van der Waals surface area contributed by atoms with Crippen molar-refractivity contribution in [3.8, 4) is 0 Å². The van der Waals surface area contributed by atoms with E-state index in [0.29, 0.717) is 39.6 Å². The van der Waals surface area contributed by atoms with Crippen molar-refractivity contribution in [3.63, 3.8) is 0 Å². The van der Waals surface area contributed by atoms with E-state index < -0.39 is 0 Å². The summed E-state index contributed by atoms with van der Waals surface area (Å²) in [6.45, 7) is 7.75. The third kappa shape index (κ3) is 4.03. The van der Waals surface area contributed by atoms with Crippen molar-refractivity contribution in [3.05, 3.63) is 35.9 Å². The Morgan fingerprint density at radius 3 is 2.05 bits per heavy atom. The smallest absolute Gasteiger partial charge is 0.183 e. The van der Waals surface area contributed by atoms with E-state index in [0.717, 1.165) is 5.56 Å². The van der Waals surface area contributed by atoms with E-state index in [1.165, 1.54) is 0 Å². The van der Waals surface area contributed by atoms with Gasteiger partial charge in [0.05, 0.1) is 31.8 Å². The van der Waals surface area contributed by atoms with Crippen LogP contribution < -0.4 is 0 Å². The molecule has 1 aliphatic heterocycles. The summed E-state index contributed by atoms with van der Waals surface area (Å²) in [6, 6.07) is 10.0. The largest absolute Gasteiger partial charge is 0.381 e. The molecule has 0 amide bonds. The molecule has 4 heteroatoms. The van der Waals surface area contributed by atoms with Gasteiger partial charge < -0.3 is 18.9 Å². The SMILES string of the molecule is CCOCC1(COCC)COC(c2ccccc2)OC1. The highest BCUT2D eigenvalue weighted by molar-refractivity contribution is 5.16. The van der Waals surface area contributed by atoms with Crippen molar-refractivity contribution >= 4 is 0 Å². The van der Waals surface area contributed by atoms with Gasteiger partial charge in [-0.25, -0.2) is 0 Å². The van der Waals surface area contributed by atoms with E-state index in [1.54, 1.807) is 0 Å². The Balaban J connectivity index is 1.94. The molecule has 1 fully saturated rings. The van der Waals surface area contributed by atoms with Crippen molar-refractivity contribution in [2.75, 3.05) is 39.6 Å². The number of hydrogen-bond donors (Lipinski definition) is 0. The topological polar surface area (TPSA) is 36.9 Å². The van der Waals surface area contributed by atoms with E-state index in [2.05, 4.69) is 0 Å². The van der Waals surface area contributed by atoms with Crippen molar-refractivity contribution in [1.29, 1.82) is 0 Å². The quantitative estimate of drug-likeness (QED) is 0.769. The lowest BCUT2D eigenvalue weighted by Gasteiger charge is -2.39. The lowest BCUT2D eigenvalue weighted by Crippen LogP contribution is -2.45. The molecule has 1 aromatic rings. The molecule has 0 aliphatic carbocycles. The summed E-state index contributed by atoms with van der Waals surface area (Å²) in [4.78, 5) is 0. The summed E-state index contributed by atoms with van der Waals surface area (Å²) >= 11 is 0. The molecule has 1 aromatic carbocycles. The Morgan fingerprint density at radius 1 is 1.00 bits per heavy atom. The first-order chi connectivity index (χ1) is 9.79. The van der Waals surface area contributed by atoms with Crippen LogP contribution in [0.1, 0.15) is 25.7 Å². The van der Waals surface area contributed by atoms with Gasteiger partial charge in [0.2, 0.25) is 0 Å². The normalized spacial score (nSPS) is 19.1. The maximum Gasteiger partial charge on any atom is 0.183 e. The third-order valence-electron chi connectivity index (χ3n) is 3.38. The van der Waals surface area contributed by atoms with Crippen molar-refractivity contribution in [1.82, 2.24) is 0 Å². The fourth-order valence-electron chi connectivity index (χ4n) is 2.24. The van der Waals surface area contributed by atoms with Gasteiger partial charge in [-0.1, -0.05) is 30.3 Å². The van der Waals surface area contributed by atoms with Gasteiger partial charge in [0, 0.05) is 18.8 Å². The summed E-state index contributed by atoms with van der Waals surface area (Å²) in [5.74, 6) is 0. The Bertz CT molecular complexity index is 361. The standard InChI is InChI=1S/C16H24O4/c1-3-17-10-16(11-18-4-2)12-19-15(20-13-16)14-8-6-5-7-9-14/h5-9,15H,3-4,10-13H2,1-2H3. The predicted octanol–water partition coefficient (Wildman–Crippen LogP) is 2.79. The molecule has 0 radical (unpaired) electrons. The van der Waals surface area contributed by atoms with Crippen molar-refractivity contribution < 1.29 is 18.9 Å². The summed E-state index contributed by atoms with van der Waals surface area (Å²) in [7, 11) is 0. The summed E-state index contributed by atoms with van der Waals surface area (Å²) in [6.07, 6.45) is -0.285. The van der Waals surface area contributed by atoms with E-state index in [1.807, 2.05) is 44.2 Å². The Hall–Kier alpha value is -0.940. The van der Waals surface area contributed by atoms with Crippen LogP contribution in [-0.4, -0.2) is 39.6 Å². The molecule has 0 N–H and O–H groups in total. The molecule has 0 atom stereocenters. The molecule has 1 saturated heterocycles. The second-order valence-corrected chi connectivity index (χ2v) is 5.14. The van der Waals surface area contributed by atoms with Gasteiger partial charge in [-0.05, 0) is 13.8 Å². The second kappa shape index (κ2) is 7.74. The molecule has 4 nitrogen and oxygen atoms in total. The van der Waals surface area contributed by atoms with Crippen LogP contribution in [0.25, 0.3) is 0 Å². The molecule has 0 spiro atoms. The Morgan fingerprint density at radius 2 is 1.55 bits per heavy atom. The van der Waals surface area contributed by atoms with Gasteiger partial charge in [0.25, 0.3) is 0 Å². The maximum absolute atomic E-state index is 5.89. The van der Waals surface area contributed by atoms with Crippen LogP contribution in [0.4, 0.5) is 0 Å². The highest BCUT2D eigenvalue weighted by Crippen LogP contribution is 2.32. The van der Waals surface area contributed by atoms with Gasteiger partial charge in [-0.2, -0.15) is 0 Å². The maximum atomic E-state index is 5.89. The minimum Gasteiger partial charge on any atom is -0.381 e. The molecule has 20 heavy (non-hydrogen) atoms. The van der Waals surface area contributed by atoms with Crippen LogP contribution in [0, 0.1) is 5.41 Å².